The van der Waals surface area contributed by atoms with E-state index in [1.54, 1.807) is 0 Å². The quantitative estimate of drug-likeness (QED) is 0.821. The van der Waals surface area contributed by atoms with Crippen LogP contribution in [0.25, 0.3) is 0 Å². The predicted molar refractivity (Wildman–Crippen MR) is 62.5 cm³/mol. The molecular weight excluding hydrogens is 190 g/mol. The minimum atomic E-state index is 0.357. The Bertz CT molecular complexity index is 298. The van der Waals surface area contributed by atoms with Gasteiger partial charge >= 0.3 is 0 Å². The molecule has 1 aliphatic carbocycles. The molecule has 2 N–H and O–H groups in total. The van der Waals surface area contributed by atoms with Crippen molar-refractivity contribution in [1.82, 2.24) is 0 Å². The van der Waals surface area contributed by atoms with E-state index in [-0.39, 0.29) is 0 Å². The van der Waals surface area contributed by atoms with Crippen molar-refractivity contribution in [2.45, 2.75) is 29.4 Å². The lowest BCUT2D eigenvalue weighted by Gasteiger charge is -2.13. The van der Waals surface area contributed by atoms with Crippen LogP contribution in [0.1, 0.15) is 19.8 Å². The summed E-state index contributed by atoms with van der Waals surface area (Å²) >= 11 is 1.96. The highest BCUT2D eigenvalue weighted by atomic mass is 32.2. The summed E-state index contributed by atoms with van der Waals surface area (Å²) in [5, 5.41) is 0. The average Bonchev–Trinajstić information content (AvgIpc) is 2.94. The molecule has 0 bridgehead atoms. The molecule has 1 aliphatic rings. The van der Waals surface area contributed by atoms with Gasteiger partial charge in [0, 0.05) is 16.2 Å². The van der Waals surface area contributed by atoms with Gasteiger partial charge in [0.15, 0.2) is 0 Å². The molecule has 1 saturated carbocycles. The number of hydrogen-bond donors (Lipinski definition) is 1. The van der Waals surface area contributed by atoms with Gasteiger partial charge in [-0.25, -0.2) is 0 Å². The van der Waals surface area contributed by atoms with Crippen LogP contribution in [0.2, 0.25) is 0 Å². The van der Waals surface area contributed by atoms with Crippen LogP contribution in [0.4, 0.5) is 0 Å². The SMILES string of the molecule is CCC1CC1(CN)Sc1ccccc1. The fourth-order valence-electron chi connectivity index (χ4n) is 2.01. The van der Waals surface area contributed by atoms with Gasteiger partial charge in [-0.15, -0.1) is 11.8 Å². The van der Waals surface area contributed by atoms with Crippen molar-refractivity contribution < 1.29 is 0 Å². The molecule has 0 heterocycles. The molecule has 0 amide bonds. The number of rotatable bonds is 4. The third-order valence-corrected chi connectivity index (χ3v) is 4.66. The van der Waals surface area contributed by atoms with Crippen LogP contribution in [0.5, 0.6) is 0 Å². The molecule has 1 fully saturated rings. The molecule has 2 unspecified atom stereocenters. The van der Waals surface area contributed by atoms with Crippen LogP contribution in [-0.4, -0.2) is 11.3 Å². The summed E-state index contributed by atoms with van der Waals surface area (Å²) in [7, 11) is 0. The second-order valence-corrected chi connectivity index (χ2v) is 5.48. The molecule has 0 spiro atoms. The van der Waals surface area contributed by atoms with Gasteiger partial charge in [-0.1, -0.05) is 31.5 Å². The maximum Gasteiger partial charge on any atom is 0.0361 e. The summed E-state index contributed by atoms with van der Waals surface area (Å²) in [6.07, 6.45) is 2.55. The lowest BCUT2D eigenvalue weighted by Crippen LogP contribution is -2.20. The Morgan fingerprint density at radius 2 is 2.14 bits per heavy atom. The van der Waals surface area contributed by atoms with E-state index in [0.717, 1.165) is 12.5 Å². The van der Waals surface area contributed by atoms with E-state index in [1.807, 2.05) is 11.8 Å². The minimum absolute atomic E-state index is 0.357. The van der Waals surface area contributed by atoms with Crippen molar-refractivity contribution >= 4 is 11.8 Å². The highest BCUT2D eigenvalue weighted by Crippen LogP contribution is 2.57. The Labute approximate surface area is 90.1 Å². The van der Waals surface area contributed by atoms with Crippen molar-refractivity contribution in [2.24, 2.45) is 11.7 Å². The number of thioether (sulfide) groups is 1. The molecule has 76 valence electrons. The molecule has 1 aromatic rings. The number of nitrogens with two attached hydrogens (primary N) is 1. The Morgan fingerprint density at radius 1 is 1.43 bits per heavy atom. The summed E-state index contributed by atoms with van der Waals surface area (Å²) in [5.74, 6) is 0.831. The Morgan fingerprint density at radius 3 is 2.64 bits per heavy atom. The summed E-state index contributed by atoms with van der Waals surface area (Å²) in [5.41, 5.74) is 5.86. The molecule has 0 radical (unpaired) electrons. The molecule has 1 nitrogen and oxygen atoms in total. The fourth-order valence-corrected chi connectivity index (χ4v) is 3.48. The zero-order valence-electron chi connectivity index (χ0n) is 8.57. The molecule has 2 atom stereocenters. The van der Waals surface area contributed by atoms with Gasteiger partial charge < -0.3 is 5.73 Å². The topological polar surface area (TPSA) is 26.0 Å². The molecular formula is C12H17NS. The first-order valence-corrected chi connectivity index (χ1v) is 6.06. The normalized spacial score (nSPS) is 30.3. The van der Waals surface area contributed by atoms with Crippen molar-refractivity contribution in [2.75, 3.05) is 6.54 Å². The molecule has 2 rings (SSSR count). The predicted octanol–water partition coefficient (Wildman–Crippen LogP) is 2.91. The van der Waals surface area contributed by atoms with E-state index < -0.39 is 0 Å². The summed E-state index contributed by atoms with van der Waals surface area (Å²) < 4.78 is 0.357. The molecule has 0 aromatic heterocycles. The minimum Gasteiger partial charge on any atom is -0.329 e. The zero-order valence-corrected chi connectivity index (χ0v) is 9.39. The lowest BCUT2D eigenvalue weighted by atomic mass is 10.2. The summed E-state index contributed by atoms with van der Waals surface area (Å²) in [6, 6.07) is 10.6. The maximum absolute atomic E-state index is 5.86. The van der Waals surface area contributed by atoms with Crippen molar-refractivity contribution in [3.05, 3.63) is 30.3 Å². The Kier molecular flexibility index (Phi) is 2.84. The molecule has 14 heavy (non-hydrogen) atoms. The number of hydrogen-bond acceptors (Lipinski definition) is 2. The summed E-state index contributed by atoms with van der Waals surface area (Å²) in [6.45, 7) is 3.07. The van der Waals surface area contributed by atoms with Crippen molar-refractivity contribution in [1.29, 1.82) is 0 Å². The molecule has 0 aliphatic heterocycles. The van der Waals surface area contributed by atoms with Gasteiger partial charge in [0.2, 0.25) is 0 Å². The van der Waals surface area contributed by atoms with E-state index in [1.165, 1.54) is 17.7 Å². The van der Waals surface area contributed by atoms with Crippen molar-refractivity contribution in [3.63, 3.8) is 0 Å². The van der Waals surface area contributed by atoms with Crippen LogP contribution in [0.3, 0.4) is 0 Å². The van der Waals surface area contributed by atoms with Gasteiger partial charge in [0.05, 0.1) is 0 Å². The lowest BCUT2D eigenvalue weighted by molar-refractivity contribution is 0.718. The first-order valence-electron chi connectivity index (χ1n) is 5.25. The Hall–Kier alpha value is -0.470. The van der Waals surface area contributed by atoms with Crippen LogP contribution in [0, 0.1) is 5.92 Å². The van der Waals surface area contributed by atoms with Gasteiger partial charge in [-0.2, -0.15) is 0 Å². The third-order valence-electron chi connectivity index (χ3n) is 3.08. The van der Waals surface area contributed by atoms with Crippen LogP contribution in [-0.2, 0) is 0 Å². The largest absolute Gasteiger partial charge is 0.329 e. The Balaban J connectivity index is 2.04. The summed E-state index contributed by atoms with van der Waals surface area (Å²) in [4.78, 5) is 1.36. The first-order chi connectivity index (χ1) is 6.80. The van der Waals surface area contributed by atoms with E-state index in [0.29, 0.717) is 4.75 Å². The second-order valence-electron chi connectivity index (χ2n) is 3.99. The van der Waals surface area contributed by atoms with Crippen LogP contribution >= 0.6 is 11.8 Å². The average molecular weight is 207 g/mol. The monoisotopic (exact) mass is 207 g/mol. The maximum atomic E-state index is 5.86. The van der Waals surface area contributed by atoms with E-state index in [9.17, 15) is 0 Å². The highest BCUT2D eigenvalue weighted by molar-refractivity contribution is 8.01. The van der Waals surface area contributed by atoms with Crippen molar-refractivity contribution in [3.8, 4) is 0 Å². The van der Waals surface area contributed by atoms with Crippen LogP contribution in [0.15, 0.2) is 35.2 Å². The third kappa shape index (κ3) is 1.82. The van der Waals surface area contributed by atoms with Gasteiger partial charge in [-0.05, 0) is 24.5 Å². The van der Waals surface area contributed by atoms with E-state index >= 15 is 0 Å². The molecule has 2 heteroatoms. The number of benzene rings is 1. The highest BCUT2D eigenvalue weighted by Gasteiger charge is 2.52. The van der Waals surface area contributed by atoms with E-state index in [2.05, 4.69) is 37.3 Å². The standard InChI is InChI=1S/C12H17NS/c1-2-10-8-12(10,9-13)14-11-6-4-3-5-7-11/h3-7,10H,2,8-9,13H2,1H3. The van der Waals surface area contributed by atoms with Crippen LogP contribution < -0.4 is 5.73 Å². The first kappa shape index (κ1) is 10.1. The van der Waals surface area contributed by atoms with E-state index in [4.69, 9.17) is 5.73 Å². The van der Waals surface area contributed by atoms with Gasteiger partial charge in [-0.3, -0.25) is 0 Å². The smallest absolute Gasteiger partial charge is 0.0361 e. The van der Waals surface area contributed by atoms with Gasteiger partial charge in [0.25, 0.3) is 0 Å². The fraction of sp³-hybridized carbons (Fsp3) is 0.500. The van der Waals surface area contributed by atoms with Gasteiger partial charge in [0.1, 0.15) is 0 Å². The molecule has 0 saturated heterocycles. The zero-order chi connectivity index (χ0) is 10.0. The second kappa shape index (κ2) is 3.95. The molecule has 1 aromatic carbocycles.